The summed E-state index contributed by atoms with van der Waals surface area (Å²) in [4.78, 5) is 42.7. The van der Waals surface area contributed by atoms with Crippen LogP contribution in [0.25, 0.3) is 0 Å². The van der Waals surface area contributed by atoms with Gasteiger partial charge in [0, 0.05) is 43.0 Å². The number of carbonyl (C=O) groups is 3. The van der Waals surface area contributed by atoms with E-state index >= 15 is 0 Å². The first kappa shape index (κ1) is 30.3. The second kappa shape index (κ2) is 13.4. The van der Waals surface area contributed by atoms with E-state index in [-0.39, 0.29) is 55.4 Å². The molecule has 0 unspecified atom stereocenters. The third kappa shape index (κ3) is 7.24. The van der Waals surface area contributed by atoms with Crippen LogP contribution in [0, 0.1) is 5.92 Å². The molecule has 0 radical (unpaired) electrons. The van der Waals surface area contributed by atoms with Gasteiger partial charge in [-0.1, -0.05) is 26.2 Å². The largest absolute Gasteiger partial charge is 0.487 e. The van der Waals surface area contributed by atoms with Crippen LogP contribution in [0.2, 0.25) is 0 Å². The maximum Gasteiger partial charge on any atom is 0.321 e. The molecule has 4 N–H and O–H groups in total. The number of aliphatic hydroxyl groups excluding tert-OH is 1. The highest BCUT2D eigenvalue weighted by Gasteiger charge is 2.34. The van der Waals surface area contributed by atoms with E-state index in [1.807, 2.05) is 6.92 Å². The molecule has 0 saturated heterocycles. The van der Waals surface area contributed by atoms with Crippen molar-refractivity contribution in [1.29, 1.82) is 0 Å². The summed E-state index contributed by atoms with van der Waals surface area (Å²) >= 11 is 0. The van der Waals surface area contributed by atoms with Crippen LogP contribution in [-0.4, -0.2) is 84.6 Å². The summed E-state index contributed by atoms with van der Waals surface area (Å²) in [6, 6.07) is 9.22. The van der Waals surface area contributed by atoms with Crippen molar-refractivity contribution in [2.75, 3.05) is 44.2 Å². The van der Waals surface area contributed by atoms with Crippen molar-refractivity contribution in [2.45, 2.75) is 64.1 Å². The van der Waals surface area contributed by atoms with Crippen LogP contribution in [0.5, 0.6) is 17.2 Å². The lowest BCUT2D eigenvalue weighted by Crippen LogP contribution is -2.50. The standard InChI is InChI=1S/C31H41N5O7/c1-19-15-36(20(2)17-37)29(38)24-13-22(33-30(39)32-21-7-5-4-6-8-21)9-11-25(24)43-28(19)16-35(3)31(40)34-23-10-12-26-27(14-23)42-18-41-26/h9-14,19-21,28,37H,4-8,15-18H2,1-3H3,(H,34,40)(H2,32,33,39)/t19-,20-,28+/m0/s1. The second-order valence-electron chi connectivity index (χ2n) is 11.6. The third-order valence-corrected chi connectivity index (χ3v) is 8.29. The summed E-state index contributed by atoms with van der Waals surface area (Å²) in [5, 5.41) is 18.7. The monoisotopic (exact) mass is 595 g/mol. The van der Waals surface area contributed by atoms with Crippen LogP contribution in [0.4, 0.5) is 21.0 Å². The minimum absolute atomic E-state index is 0.144. The number of anilines is 2. The molecule has 2 aromatic rings. The van der Waals surface area contributed by atoms with Crippen LogP contribution < -0.4 is 30.2 Å². The lowest BCUT2D eigenvalue weighted by molar-refractivity contribution is 0.0371. The number of likely N-dealkylation sites (N-methyl/N-ethyl adjacent to an activating group) is 1. The number of nitrogens with one attached hydrogen (secondary N) is 3. The SMILES string of the molecule is C[C@H]1CN([C@@H](C)CO)C(=O)c2cc(NC(=O)NC3CCCCC3)ccc2O[C@@H]1CN(C)C(=O)Nc1ccc2c(c1)OCO2. The van der Waals surface area contributed by atoms with Crippen LogP contribution in [0.3, 0.4) is 0 Å². The Labute approximate surface area is 251 Å². The highest BCUT2D eigenvalue weighted by atomic mass is 16.7. The average Bonchev–Trinajstić information content (AvgIpc) is 3.47. The van der Waals surface area contributed by atoms with Gasteiger partial charge in [0.1, 0.15) is 11.9 Å². The first-order valence-electron chi connectivity index (χ1n) is 14.9. The number of carbonyl (C=O) groups excluding carboxylic acids is 3. The molecule has 232 valence electrons. The summed E-state index contributed by atoms with van der Waals surface area (Å²) in [5.74, 6) is 1.07. The van der Waals surface area contributed by atoms with E-state index in [0.29, 0.717) is 35.2 Å². The van der Waals surface area contributed by atoms with Crippen molar-refractivity contribution in [3.8, 4) is 17.2 Å². The first-order chi connectivity index (χ1) is 20.7. The second-order valence-corrected chi connectivity index (χ2v) is 11.6. The van der Waals surface area contributed by atoms with E-state index in [1.54, 1.807) is 55.3 Å². The fourth-order valence-corrected chi connectivity index (χ4v) is 5.66. The predicted molar refractivity (Wildman–Crippen MR) is 161 cm³/mol. The van der Waals surface area contributed by atoms with Gasteiger partial charge in [-0.2, -0.15) is 0 Å². The summed E-state index contributed by atoms with van der Waals surface area (Å²) < 4.78 is 17.1. The molecular formula is C31H41N5O7. The molecule has 5 rings (SSSR count). The number of amides is 5. The minimum Gasteiger partial charge on any atom is -0.487 e. The van der Waals surface area contributed by atoms with Crippen molar-refractivity contribution < 1.29 is 33.7 Å². The first-order valence-corrected chi connectivity index (χ1v) is 14.9. The van der Waals surface area contributed by atoms with Gasteiger partial charge in [-0.15, -0.1) is 0 Å². The fourth-order valence-electron chi connectivity index (χ4n) is 5.66. The van der Waals surface area contributed by atoms with E-state index in [9.17, 15) is 19.5 Å². The number of urea groups is 2. The molecule has 12 heteroatoms. The van der Waals surface area contributed by atoms with Crippen molar-refractivity contribution >= 4 is 29.3 Å². The van der Waals surface area contributed by atoms with Gasteiger partial charge in [-0.05, 0) is 50.1 Å². The van der Waals surface area contributed by atoms with Crippen LogP contribution in [0.1, 0.15) is 56.3 Å². The predicted octanol–water partition coefficient (Wildman–Crippen LogP) is 4.25. The van der Waals surface area contributed by atoms with Crippen LogP contribution in [0.15, 0.2) is 36.4 Å². The van der Waals surface area contributed by atoms with Crippen LogP contribution in [-0.2, 0) is 0 Å². The maximum absolute atomic E-state index is 13.7. The Morgan fingerprint density at radius 1 is 1.02 bits per heavy atom. The van der Waals surface area contributed by atoms with Crippen molar-refractivity contribution in [1.82, 2.24) is 15.1 Å². The molecule has 2 aromatic carbocycles. The van der Waals surface area contributed by atoms with Gasteiger partial charge in [0.05, 0.1) is 24.8 Å². The number of aliphatic hydroxyl groups is 1. The fraction of sp³-hybridized carbons (Fsp3) is 0.516. The average molecular weight is 596 g/mol. The van der Waals surface area contributed by atoms with Crippen molar-refractivity contribution in [3.05, 3.63) is 42.0 Å². The van der Waals surface area contributed by atoms with Gasteiger partial charge in [-0.3, -0.25) is 4.79 Å². The Balaban J connectivity index is 1.31. The van der Waals surface area contributed by atoms with E-state index < -0.39 is 12.1 Å². The molecule has 1 saturated carbocycles. The molecular weight excluding hydrogens is 554 g/mol. The zero-order valence-corrected chi connectivity index (χ0v) is 24.9. The molecule has 2 heterocycles. The zero-order chi connectivity index (χ0) is 30.5. The number of rotatable bonds is 7. The molecule has 1 aliphatic carbocycles. The van der Waals surface area contributed by atoms with E-state index in [4.69, 9.17) is 14.2 Å². The Bertz CT molecular complexity index is 1330. The van der Waals surface area contributed by atoms with Gasteiger partial charge in [0.15, 0.2) is 11.5 Å². The molecule has 0 spiro atoms. The molecule has 5 amide bonds. The summed E-state index contributed by atoms with van der Waals surface area (Å²) in [5.41, 5.74) is 1.31. The number of nitrogens with zero attached hydrogens (tertiary/aromatic N) is 2. The zero-order valence-electron chi connectivity index (χ0n) is 24.9. The van der Waals surface area contributed by atoms with Gasteiger partial charge >= 0.3 is 12.1 Å². The number of benzene rings is 2. The molecule has 0 aromatic heterocycles. The molecule has 3 atom stereocenters. The van der Waals surface area contributed by atoms with Crippen molar-refractivity contribution in [3.63, 3.8) is 0 Å². The molecule has 1 fully saturated rings. The smallest absolute Gasteiger partial charge is 0.321 e. The maximum atomic E-state index is 13.7. The Hall–Kier alpha value is -4.19. The third-order valence-electron chi connectivity index (χ3n) is 8.29. The number of fused-ring (bicyclic) bond motifs is 2. The normalized spacial score (nSPS) is 20.7. The van der Waals surface area contributed by atoms with Gasteiger partial charge < -0.3 is 45.1 Å². The summed E-state index contributed by atoms with van der Waals surface area (Å²) in [7, 11) is 1.68. The molecule has 2 aliphatic heterocycles. The van der Waals surface area contributed by atoms with E-state index in [0.717, 1.165) is 25.7 Å². The van der Waals surface area contributed by atoms with Crippen LogP contribution >= 0.6 is 0 Å². The van der Waals surface area contributed by atoms with E-state index in [1.165, 1.54) is 11.3 Å². The molecule has 3 aliphatic rings. The van der Waals surface area contributed by atoms with E-state index in [2.05, 4.69) is 16.0 Å². The summed E-state index contributed by atoms with van der Waals surface area (Å²) in [6.07, 6.45) is 4.84. The molecule has 43 heavy (non-hydrogen) atoms. The molecule has 0 bridgehead atoms. The number of hydrogen-bond donors (Lipinski definition) is 4. The minimum atomic E-state index is -0.471. The Kier molecular flexibility index (Phi) is 9.44. The van der Waals surface area contributed by atoms with Crippen molar-refractivity contribution in [2.24, 2.45) is 5.92 Å². The molecule has 12 nitrogen and oxygen atoms in total. The highest BCUT2D eigenvalue weighted by molar-refractivity contribution is 5.99. The van der Waals surface area contributed by atoms with Gasteiger partial charge in [0.25, 0.3) is 5.91 Å². The highest BCUT2D eigenvalue weighted by Crippen LogP contribution is 2.34. The summed E-state index contributed by atoms with van der Waals surface area (Å²) in [6.45, 7) is 4.21. The number of ether oxygens (including phenoxy) is 3. The van der Waals surface area contributed by atoms with Gasteiger partial charge in [0.2, 0.25) is 6.79 Å². The quantitative estimate of drug-likeness (QED) is 0.375. The Morgan fingerprint density at radius 2 is 1.72 bits per heavy atom. The van der Waals surface area contributed by atoms with Gasteiger partial charge in [-0.25, -0.2) is 9.59 Å². The number of hydrogen-bond acceptors (Lipinski definition) is 7. The Morgan fingerprint density at radius 3 is 2.47 bits per heavy atom. The lowest BCUT2D eigenvalue weighted by atomic mass is 9.96. The lowest BCUT2D eigenvalue weighted by Gasteiger charge is -2.38. The topological polar surface area (TPSA) is 142 Å².